The van der Waals surface area contributed by atoms with Gasteiger partial charge in [-0.1, -0.05) is 0 Å². The summed E-state index contributed by atoms with van der Waals surface area (Å²) in [5.74, 6) is 0.341. The van der Waals surface area contributed by atoms with E-state index in [0.29, 0.717) is 25.5 Å². The van der Waals surface area contributed by atoms with Crippen molar-refractivity contribution in [2.45, 2.75) is 39.3 Å². The first-order valence-corrected chi connectivity index (χ1v) is 7.53. The van der Waals surface area contributed by atoms with E-state index in [1.165, 1.54) is 12.3 Å². The molecule has 0 N–H and O–H groups in total. The highest BCUT2D eigenvalue weighted by Crippen LogP contribution is 2.27. The van der Waals surface area contributed by atoms with Gasteiger partial charge in [0.1, 0.15) is 5.60 Å². The van der Waals surface area contributed by atoms with Crippen molar-refractivity contribution in [3.05, 3.63) is 28.4 Å². The molecule has 126 valence electrons. The number of pyridine rings is 1. The Morgan fingerprint density at radius 2 is 2.13 bits per heavy atom. The van der Waals surface area contributed by atoms with Gasteiger partial charge < -0.3 is 14.5 Å². The first-order valence-electron chi connectivity index (χ1n) is 7.53. The van der Waals surface area contributed by atoms with Crippen LogP contribution in [0.4, 0.5) is 16.3 Å². The van der Waals surface area contributed by atoms with Gasteiger partial charge in [0.15, 0.2) is 0 Å². The number of rotatable bonds is 2. The zero-order chi connectivity index (χ0) is 17.2. The maximum absolute atomic E-state index is 12.2. The SMILES string of the molecule is C[C@@H]1CN(c2ncccc2[N+](=O)[O-])CCN1C(=O)OC(C)(C)C. The quantitative estimate of drug-likeness (QED) is 0.614. The molecule has 0 saturated carbocycles. The minimum atomic E-state index is -0.548. The van der Waals surface area contributed by atoms with Crippen LogP contribution in [0.5, 0.6) is 0 Å². The van der Waals surface area contributed by atoms with Gasteiger partial charge in [-0.2, -0.15) is 0 Å². The number of aromatic nitrogens is 1. The lowest BCUT2D eigenvalue weighted by Gasteiger charge is -2.40. The first-order chi connectivity index (χ1) is 10.7. The van der Waals surface area contributed by atoms with E-state index in [0.717, 1.165) is 0 Å². The second kappa shape index (κ2) is 6.39. The van der Waals surface area contributed by atoms with E-state index in [-0.39, 0.29) is 17.8 Å². The summed E-state index contributed by atoms with van der Waals surface area (Å²) in [5.41, 5.74) is -0.571. The zero-order valence-corrected chi connectivity index (χ0v) is 13.9. The molecule has 2 rings (SSSR count). The summed E-state index contributed by atoms with van der Waals surface area (Å²) in [6.45, 7) is 8.74. The minimum Gasteiger partial charge on any atom is -0.444 e. The molecule has 8 nitrogen and oxygen atoms in total. The molecule has 0 spiro atoms. The van der Waals surface area contributed by atoms with E-state index in [9.17, 15) is 14.9 Å². The summed E-state index contributed by atoms with van der Waals surface area (Å²) in [5, 5.41) is 11.1. The van der Waals surface area contributed by atoms with Gasteiger partial charge in [-0.25, -0.2) is 9.78 Å². The Morgan fingerprint density at radius 1 is 1.43 bits per heavy atom. The van der Waals surface area contributed by atoms with Gasteiger partial charge in [-0.05, 0) is 33.8 Å². The Bertz CT molecular complexity index is 599. The van der Waals surface area contributed by atoms with Crippen molar-refractivity contribution in [3.63, 3.8) is 0 Å². The third kappa shape index (κ3) is 4.08. The van der Waals surface area contributed by atoms with Gasteiger partial charge in [0, 0.05) is 37.9 Å². The molecule has 1 fully saturated rings. The molecule has 8 heteroatoms. The summed E-state index contributed by atoms with van der Waals surface area (Å²) in [7, 11) is 0. The van der Waals surface area contributed by atoms with E-state index in [2.05, 4.69) is 4.98 Å². The number of hydrogen-bond donors (Lipinski definition) is 0. The molecule has 1 aliphatic rings. The predicted octanol–water partition coefficient (Wildman–Crippen LogP) is 2.44. The molecular formula is C15H22N4O4. The maximum atomic E-state index is 12.2. The third-order valence-corrected chi connectivity index (χ3v) is 3.52. The summed E-state index contributed by atoms with van der Waals surface area (Å²) in [4.78, 5) is 30.5. The van der Waals surface area contributed by atoms with Crippen LogP contribution in [0.15, 0.2) is 18.3 Å². The molecule has 2 heterocycles. The van der Waals surface area contributed by atoms with Crippen LogP contribution in [-0.2, 0) is 4.74 Å². The molecule has 0 unspecified atom stereocenters. The smallest absolute Gasteiger partial charge is 0.410 e. The molecule has 1 aliphatic heterocycles. The highest BCUT2D eigenvalue weighted by Gasteiger charge is 2.33. The van der Waals surface area contributed by atoms with Gasteiger partial charge in [-0.3, -0.25) is 10.1 Å². The number of carbonyl (C=O) groups is 1. The predicted molar refractivity (Wildman–Crippen MR) is 85.5 cm³/mol. The molecule has 1 amide bonds. The normalized spacial score (nSPS) is 18.7. The Morgan fingerprint density at radius 3 is 2.70 bits per heavy atom. The molecule has 1 saturated heterocycles. The Balaban J connectivity index is 2.10. The van der Waals surface area contributed by atoms with Crippen LogP contribution in [-0.4, -0.2) is 52.2 Å². The molecule has 1 aromatic rings. The fraction of sp³-hybridized carbons (Fsp3) is 0.600. The molecule has 0 aromatic carbocycles. The van der Waals surface area contributed by atoms with Crippen LogP contribution in [0, 0.1) is 10.1 Å². The first kappa shape index (κ1) is 17.0. The number of nitro groups is 1. The van der Waals surface area contributed by atoms with Crippen molar-refractivity contribution in [2.75, 3.05) is 24.5 Å². The summed E-state index contributed by atoms with van der Waals surface area (Å²) >= 11 is 0. The summed E-state index contributed by atoms with van der Waals surface area (Å²) in [6.07, 6.45) is 1.17. The zero-order valence-electron chi connectivity index (χ0n) is 13.9. The van der Waals surface area contributed by atoms with Crippen molar-refractivity contribution in [2.24, 2.45) is 0 Å². The minimum absolute atomic E-state index is 0.0228. The van der Waals surface area contributed by atoms with Gasteiger partial charge >= 0.3 is 11.8 Å². The van der Waals surface area contributed by atoms with Gasteiger partial charge in [-0.15, -0.1) is 0 Å². The van der Waals surface area contributed by atoms with E-state index in [1.54, 1.807) is 11.0 Å². The van der Waals surface area contributed by atoms with E-state index < -0.39 is 10.5 Å². The van der Waals surface area contributed by atoms with Gasteiger partial charge in [0.2, 0.25) is 5.82 Å². The van der Waals surface area contributed by atoms with Crippen molar-refractivity contribution >= 4 is 17.6 Å². The number of nitrogens with zero attached hydrogens (tertiary/aromatic N) is 4. The van der Waals surface area contributed by atoms with Crippen molar-refractivity contribution in [3.8, 4) is 0 Å². The monoisotopic (exact) mass is 322 g/mol. The average molecular weight is 322 g/mol. The summed E-state index contributed by atoms with van der Waals surface area (Å²) in [6, 6.07) is 2.86. The van der Waals surface area contributed by atoms with Crippen LogP contribution in [0.3, 0.4) is 0 Å². The molecule has 0 radical (unpaired) electrons. The number of hydrogen-bond acceptors (Lipinski definition) is 6. The summed E-state index contributed by atoms with van der Waals surface area (Å²) < 4.78 is 5.40. The highest BCUT2D eigenvalue weighted by atomic mass is 16.6. The number of amides is 1. The lowest BCUT2D eigenvalue weighted by atomic mass is 10.2. The number of ether oxygens (including phenoxy) is 1. The molecule has 1 atom stereocenters. The second-order valence-corrected chi connectivity index (χ2v) is 6.57. The van der Waals surface area contributed by atoms with Crippen molar-refractivity contribution in [1.82, 2.24) is 9.88 Å². The van der Waals surface area contributed by atoms with Crippen molar-refractivity contribution < 1.29 is 14.5 Å². The van der Waals surface area contributed by atoms with Crippen molar-refractivity contribution in [1.29, 1.82) is 0 Å². The van der Waals surface area contributed by atoms with Crippen LogP contribution < -0.4 is 4.90 Å². The lowest BCUT2D eigenvalue weighted by molar-refractivity contribution is -0.384. The van der Waals surface area contributed by atoms with E-state index >= 15 is 0 Å². The Labute approximate surface area is 135 Å². The number of carbonyl (C=O) groups excluding carboxylic acids is 1. The van der Waals surface area contributed by atoms with Crippen LogP contribution in [0.2, 0.25) is 0 Å². The third-order valence-electron chi connectivity index (χ3n) is 3.52. The number of piperazine rings is 1. The van der Waals surface area contributed by atoms with Crippen LogP contribution in [0.1, 0.15) is 27.7 Å². The van der Waals surface area contributed by atoms with Gasteiger partial charge in [0.05, 0.1) is 4.92 Å². The molecule has 0 aliphatic carbocycles. The van der Waals surface area contributed by atoms with E-state index in [1.807, 2.05) is 32.6 Å². The molecule has 0 bridgehead atoms. The van der Waals surface area contributed by atoms with Gasteiger partial charge in [0.25, 0.3) is 0 Å². The second-order valence-electron chi connectivity index (χ2n) is 6.57. The Kier molecular flexibility index (Phi) is 4.72. The maximum Gasteiger partial charge on any atom is 0.410 e. The number of anilines is 1. The standard InChI is InChI=1S/C15H22N4O4/c1-11-10-17(13-12(19(21)22)6-5-7-16-13)8-9-18(11)14(20)23-15(2,3)4/h5-7,11H,8-10H2,1-4H3/t11-/m1/s1. The largest absolute Gasteiger partial charge is 0.444 e. The van der Waals surface area contributed by atoms with Crippen LogP contribution >= 0.6 is 0 Å². The Hall–Kier alpha value is -2.38. The topological polar surface area (TPSA) is 88.8 Å². The molecular weight excluding hydrogens is 300 g/mol. The fourth-order valence-electron chi connectivity index (χ4n) is 2.52. The van der Waals surface area contributed by atoms with Crippen LogP contribution in [0.25, 0.3) is 0 Å². The fourth-order valence-corrected chi connectivity index (χ4v) is 2.52. The lowest BCUT2D eigenvalue weighted by Crippen LogP contribution is -2.55. The average Bonchev–Trinajstić information content (AvgIpc) is 2.45. The molecule has 1 aromatic heterocycles. The highest BCUT2D eigenvalue weighted by molar-refractivity contribution is 5.69. The van der Waals surface area contributed by atoms with E-state index in [4.69, 9.17) is 4.74 Å². The molecule has 23 heavy (non-hydrogen) atoms.